The highest BCUT2D eigenvalue weighted by Crippen LogP contribution is 2.34. The Hall–Kier alpha value is -2.88. The summed E-state index contributed by atoms with van der Waals surface area (Å²) >= 11 is 0. The van der Waals surface area contributed by atoms with E-state index in [1.807, 2.05) is 0 Å². The molecule has 0 bridgehead atoms. The van der Waals surface area contributed by atoms with Crippen LogP contribution in [0.4, 0.5) is 5.69 Å². The van der Waals surface area contributed by atoms with Crippen LogP contribution in [-0.4, -0.2) is 51.7 Å². The van der Waals surface area contributed by atoms with Gasteiger partial charge < -0.3 is 19.5 Å². The molecule has 29 heavy (non-hydrogen) atoms. The minimum Gasteiger partial charge on any atom is -0.454 e. The number of nitrogens with zero attached hydrogens (tertiary/aromatic N) is 1. The third-order valence-electron chi connectivity index (χ3n) is 4.56. The largest absolute Gasteiger partial charge is 0.454 e. The number of anilines is 1. The van der Waals surface area contributed by atoms with E-state index >= 15 is 0 Å². The quantitative estimate of drug-likeness (QED) is 0.750. The lowest BCUT2D eigenvalue weighted by molar-refractivity contribution is -0.111. The second-order valence-corrected chi connectivity index (χ2v) is 8.41. The van der Waals surface area contributed by atoms with Crippen molar-refractivity contribution >= 4 is 27.7 Å². The van der Waals surface area contributed by atoms with Crippen LogP contribution in [0, 0.1) is 0 Å². The Morgan fingerprint density at radius 3 is 2.48 bits per heavy atom. The molecule has 4 rings (SSSR count). The van der Waals surface area contributed by atoms with E-state index in [9.17, 15) is 13.2 Å². The lowest BCUT2D eigenvalue weighted by Crippen LogP contribution is -2.40. The van der Waals surface area contributed by atoms with E-state index in [-0.39, 0.29) is 17.6 Å². The van der Waals surface area contributed by atoms with Gasteiger partial charge in [-0.15, -0.1) is 0 Å². The molecule has 8 nitrogen and oxygen atoms in total. The van der Waals surface area contributed by atoms with Gasteiger partial charge in [-0.25, -0.2) is 8.42 Å². The lowest BCUT2D eigenvalue weighted by Gasteiger charge is -2.26. The third kappa shape index (κ3) is 4.42. The maximum Gasteiger partial charge on any atom is 0.248 e. The molecule has 1 fully saturated rings. The van der Waals surface area contributed by atoms with E-state index in [0.29, 0.717) is 49.1 Å². The summed E-state index contributed by atoms with van der Waals surface area (Å²) in [6.07, 6.45) is 3.00. The first-order valence-corrected chi connectivity index (χ1v) is 10.5. The van der Waals surface area contributed by atoms with Gasteiger partial charge in [-0.2, -0.15) is 4.31 Å². The van der Waals surface area contributed by atoms with E-state index in [2.05, 4.69) is 5.32 Å². The van der Waals surface area contributed by atoms with E-state index in [1.54, 1.807) is 48.5 Å². The van der Waals surface area contributed by atoms with Crippen molar-refractivity contribution < 1.29 is 27.4 Å². The molecule has 0 unspecified atom stereocenters. The molecule has 2 heterocycles. The molecular formula is C20H20N2O6S. The zero-order valence-electron chi connectivity index (χ0n) is 15.5. The van der Waals surface area contributed by atoms with Gasteiger partial charge in [-0.3, -0.25) is 4.79 Å². The minimum absolute atomic E-state index is 0.171. The normalized spacial score (nSPS) is 16.8. The summed E-state index contributed by atoms with van der Waals surface area (Å²) in [6.45, 7) is 1.68. The van der Waals surface area contributed by atoms with E-state index in [4.69, 9.17) is 14.2 Å². The number of rotatable bonds is 5. The molecule has 0 atom stereocenters. The van der Waals surface area contributed by atoms with Crippen LogP contribution in [0.5, 0.6) is 11.5 Å². The Bertz CT molecular complexity index is 1030. The molecule has 1 N–H and O–H groups in total. The molecule has 0 radical (unpaired) electrons. The first kappa shape index (κ1) is 19.4. The fraction of sp³-hybridized carbons (Fsp3) is 0.250. The summed E-state index contributed by atoms with van der Waals surface area (Å²) in [5.74, 6) is 0.920. The number of sulfonamides is 1. The highest BCUT2D eigenvalue weighted by molar-refractivity contribution is 7.89. The molecule has 0 aromatic heterocycles. The van der Waals surface area contributed by atoms with Crippen molar-refractivity contribution in [3.8, 4) is 11.5 Å². The molecule has 2 aromatic carbocycles. The average molecular weight is 416 g/mol. The summed E-state index contributed by atoms with van der Waals surface area (Å²) in [6, 6.07) is 11.6. The van der Waals surface area contributed by atoms with Gasteiger partial charge in [0, 0.05) is 30.9 Å². The van der Waals surface area contributed by atoms with Crippen molar-refractivity contribution in [2.24, 2.45) is 0 Å². The Kier molecular flexibility index (Phi) is 5.52. The molecule has 152 valence electrons. The van der Waals surface area contributed by atoms with Crippen molar-refractivity contribution in [1.29, 1.82) is 0 Å². The number of benzene rings is 2. The van der Waals surface area contributed by atoms with Crippen LogP contribution >= 0.6 is 0 Å². The van der Waals surface area contributed by atoms with Gasteiger partial charge in [0.15, 0.2) is 11.5 Å². The number of morpholine rings is 1. The van der Waals surface area contributed by atoms with Crippen LogP contribution in [0.1, 0.15) is 5.56 Å². The third-order valence-corrected chi connectivity index (χ3v) is 6.47. The maximum absolute atomic E-state index is 12.6. The van der Waals surface area contributed by atoms with Gasteiger partial charge in [0.05, 0.1) is 18.1 Å². The molecule has 9 heteroatoms. The summed E-state index contributed by atoms with van der Waals surface area (Å²) in [5, 5.41) is 2.74. The standard InChI is InChI=1S/C20H20N2O6S/c23-20(21-16-4-7-18-19(13-16)28-14-27-18)8-3-15-1-5-17(6-2-15)29(24,25)22-9-11-26-12-10-22/h1-8,13H,9-12,14H2,(H,21,23)/b8-3+. The van der Waals surface area contributed by atoms with Crippen molar-refractivity contribution in [2.45, 2.75) is 4.90 Å². The van der Waals surface area contributed by atoms with Crippen molar-refractivity contribution in [3.63, 3.8) is 0 Å². The van der Waals surface area contributed by atoms with Crippen molar-refractivity contribution in [3.05, 3.63) is 54.1 Å². The van der Waals surface area contributed by atoms with Crippen LogP contribution in [0.3, 0.4) is 0 Å². The smallest absolute Gasteiger partial charge is 0.248 e. The fourth-order valence-corrected chi connectivity index (χ4v) is 4.43. The second-order valence-electron chi connectivity index (χ2n) is 6.48. The minimum atomic E-state index is -3.53. The number of amides is 1. The van der Waals surface area contributed by atoms with Crippen LogP contribution in [0.15, 0.2) is 53.4 Å². The maximum atomic E-state index is 12.6. The zero-order chi connectivity index (χ0) is 20.3. The van der Waals surface area contributed by atoms with Gasteiger partial charge in [-0.1, -0.05) is 12.1 Å². The van der Waals surface area contributed by atoms with Gasteiger partial charge in [0.25, 0.3) is 0 Å². The number of ether oxygens (including phenoxy) is 3. The topological polar surface area (TPSA) is 94.2 Å². The molecule has 1 amide bonds. The van der Waals surface area contributed by atoms with Gasteiger partial charge in [0.2, 0.25) is 22.7 Å². The first-order valence-electron chi connectivity index (χ1n) is 9.09. The van der Waals surface area contributed by atoms with Crippen LogP contribution in [0.2, 0.25) is 0 Å². The average Bonchev–Trinajstić information content (AvgIpc) is 3.21. The molecule has 2 aliphatic heterocycles. The van der Waals surface area contributed by atoms with E-state index in [1.165, 1.54) is 10.4 Å². The van der Waals surface area contributed by atoms with Gasteiger partial charge in [-0.05, 0) is 35.9 Å². The van der Waals surface area contributed by atoms with Crippen LogP contribution in [-0.2, 0) is 19.6 Å². The molecule has 2 aromatic rings. The Morgan fingerprint density at radius 2 is 1.72 bits per heavy atom. The number of nitrogens with one attached hydrogen (secondary N) is 1. The predicted octanol–water partition coefficient (Wildman–Crippen LogP) is 2.09. The van der Waals surface area contributed by atoms with Crippen molar-refractivity contribution in [1.82, 2.24) is 4.31 Å². The predicted molar refractivity (Wildman–Crippen MR) is 106 cm³/mol. The summed E-state index contributed by atoms with van der Waals surface area (Å²) in [5.41, 5.74) is 1.31. The first-order chi connectivity index (χ1) is 14.0. The van der Waals surface area contributed by atoms with E-state index < -0.39 is 10.0 Å². The molecular weight excluding hydrogens is 396 g/mol. The van der Waals surface area contributed by atoms with Gasteiger partial charge >= 0.3 is 0 Å². The zero-order valence-corrected chi connectivity index (χ0v) is 16.4. The molecule has 0 saturated carbocycles. The highest BCUT2D eigenvalue weighted by atomic mass is 32.2. The lowest BCUT2D eigenvalue weighted by atomic mass is 10.2. The number of hydrogen-bond donors (Lipinski definition) is 1. The molecule has 0 aliphatic carbocycles. The van der Waals surface area contributed by atoms with Crippen LogP contribution in [0.25, 0.3) is 6.08 Å². The molecule has 0 spiro atoms. The number of carbonyl (C=O) groups is 1. The Balaban J connectivity index is 1.39. The monoisotopic (exact) mass is 416 g/mol. The Morgan fingerprint density at radius 1 is 1.00 bits per heavy atom. The highest BCUT2D eigenvalue weighted by Gasteiger charge is 2.25. The molecule has 1 saturated heterocycles. The fourth-order valence-electron chi connectivity index (χ4n) is 3.02. The van der Waals surface area contributed by atoms with Crippen LogP contribution < -0.4 is 14.8 Å². The molecule has 2 aliphatic rings. The SMILES string of the molecule is O=C(/C=C/c1ccc(S(=O)(=O)N2CCOCC2)cc1)Nc1ccc2c(c1)OCO2. The number of hydrogen-bond acceptors (Lipinski definition) is 6. The second kappa shape index (κ2) is 8.24. The van der Waals surface area contributed by atoms with Gasteiger partial charge in [0.1, 0.15) is 0 Å². The Labute approximate surface area is 168 Å². The summed E-state index contributed by atoms with van der Waals surface area (Å²) in [4.78, 5) is 12.4. The summed E-state index contributed by atoms with van der Waals surface area (Å²) in [7, 11) is -3.53. The number of fused-ring (bicyclic) bond motifs is 1. The number of carbonyl (C=O) groups excluding carboxylic acids is 1. The van der Waals surface area contributed by atoms with Crippen molar-refractivity contribution in [2.75, 3.05) is 38.4 Å². The van der Waals surface area contributed by atoms with E-state index in [0.717, 1.165) is 0 Å². The summed E-state index contributed by atoms with van der Waals surface area (Å²) < 4.78 is 42.4.